The molecular weight excluding hydrogens is 493 g/mol. The number of ether oxygens (including phenoxy) is 1. The number of fused-ring (bicyclic) bond motifs is 1. The van der Waals surface area contributed by atoms with Crippen molar-refractivity contribution in [1.29, 1.82) is 0 Å². The highest BCUT2D eigenvalue weighted by atomic mass is 32.2. The van der Waals surface area contributed by atoms with E-state index in [1.54, 1.807) is 59.7 Å². The van der Waals surface area contributed by atoms with Gasteiger partial charge in [-0.25, -0.2) is 18.4 Å². The summed E-state index contributed by atoms with van der Waals surface area (Å²) < 4.78 is 74.0. The van der Waals surface area contributed by atoms with Crippen LogP contribution in [-0.4, -0.2) is 33.6 Å². The molecule has 0 N–H and O–H groups in total. The first-order valence-corrected chi connectivity index (χ1v) is 12.6. The average molecular weight is 513 g/mol. The van der Waals surface area contributed by atoms with Crippen LogP contribution in [0.2, 0.25) is 0 Å². The average Bonchev–Trinajstić information content (AvgIpc) is 3.45. The SMILES string of the molecule is CS(=O)(=O)c1cccc(Oc2cccc(-c3c(Cn4ccnc4)nc4c(C(F)(F)F)cccn34)c2)c1. The number of benzene rings is 2. The summed E-state index contributed by atoms with van der Waals surface area (Å²) in [6, 6.07) is 15.2. The fourth-order valence-corrected chi connectivity index (χ4v) is 4.57. The number of sulfone groups is 1. The van der Waals surface area contributed by atoms with Crippen LogP contribution in [-0.2, 0) is 22.6 Å². The summed E-state index contributed by atoms with van der Waals surface area (Å²) in [5, 5.41) is 0. The molecule has 3 heterocycles. The normalized spacial score (nSPS) is 12.2. The van der Waals surface area contributed by atoms with Gasteiger partial charge in [0.1, 0.15) is 17.1 Å². The third kappa shape index (κ3) is 4.69. The van der Waals surface area contributed by atoms with Gasteiger partial charge in [0, 0.05) is 30.4 Å². The van der Waals surface area contributed by atoms with Crippen molar-refractivity contribution in [2.75, 3.05) is 6.26 Å². The van der Waals surface area contributed by atoms with E-state index in [1.807, 2.05) is 0 Å². The third-order valence-electron chi connectivity index (χ3n) is 5.50. The number of pyridine rings is 1. The van der Waals surface area contributed by atoms with Crippen LogP contribution >= 0.6 is 0 Å². The number of halogens is 3. The highest BCUT2D eigenvalue weighted by Crippen LogP contribution is 2.36. The third-order valence-corrected chi connectivity index (χ3v) is 6.61. The van der Waals surface area contributed by atoms with Gasteiger partial charge in [0.05, 0.1) is 34.7 Å². The van der Waals surface area contributed by atoms with E-state index in [0.717, 1.165) is 12.3 Å². The first-order valence-electron chi connectivity index (χ1n) is 10.7. The fraction of sp³-hybridized carbons (Fsp3) is 0.120. The van der Waals surface area contributed by atoms with Crippen LogP contribution in [0.15, 0.2) is 90.5 Å². The molecule has 5 rings (SSSR count). The van der Waals surface area contributed by atoms with E-state index in [0.29, 0.717) is 28.5 Å². The summed E-state index contributed by atoms with van der Waals surface area (Å²) in [4.78, 5) is 8.48. The second-order valence-electron chi connectivity index (χ2n) is 8.13. The van der Waals surface area contributed by atoms with Crippen LogP contribution in [0, 0.1) is 0 Å². The molecule has 7 nitrogen and oxygen atoms in total. The van der Waals surface area contributed by atoms with Gasteiger partial charge in [-0.1, -0.05) is 18.2 Å². The van der Waals surface area contributed by atoms with E-state index >= 15 is 0 Å². The van der Waals surface area contributed by atoms with Gasteiger partial charge in [-0.2, -0.15) is 13.2 Å². The van der Waals surface area contributed by atoms with Gasteiger partial charge in [0.25, 0.3) is 0 Å². The van der Waals surface area contributed by atoms with Gasteiger partial charge >= 0.3 is 6.18 Å². The van der Waals surface area contributed by atoms with Crippen LogP contribution < -0.4 is 4.74 Å². The summed E-state index contributed by atoms with van der Waals surface area (Å²) in [5.41, 5.74) is 0.421. The van der Waals surface area contributed by atoms with Crippen molar-refractivity contribution in [1.82, 2.24) is 18.9 Å². The van der Waals surface area contributed by atoms with Crippen molar-refractivity contribution in [2.45, 2.75) is 17.6 Å². The number of imidazole rings is 2. The maximum atomic E-state index is 13.7. The lowest BCUT2D eigenvalue weighted by Crippen LogP contribution is -2.07. The van der Waals surface area contributed by atoms with Crippen molar-refractivity contribution < 1.29 is 26.3 Å². The molecular formula is C25H19F3N4O3S. The fourth-order valence-electron chi connectivity index (χ4n) is 3.92. The van der Waals surface area contributed by atoms with Crippen molar-refractivity contribution in [3.63, 3.8) is 0 Å². The minimum atomic E-state index is -4.58. The monoisotopic (exact) mass is 512 g/mol. The number of rotatable bonds is 6. The molecule has 11 heteroatoms. The Kier molecular flexibility index (Phi) is 5.79. The molecule has 0 aliphatic heterocycles. The Balaban J connectivity index is 1.62. The largest absolute Gasteiger partial charge is 0.457 e. The smallest absolute Gasteiger partial charge is 0.419 e. The van der Waals surface area contributed by atoms with Crippen molar-refractivity contribution in [2.24, 2.45) is 0 Å². The van der Waals surface area contributed by atoms with E-state index in [-0.39, 0.29) is 17.1 Å². The molecule has 36 heavy (non-hydrogen) atoms. The molecule has 0 saturated heterocycles. The maximum Gasteiger partial charge on any atom is 0.419 e. The highest BCUT2D eigenvalue weighted by molar-refractivity contribution is 7.90. The summed E-state index contributed by atoms with van der Waals surface area (Å²) in [6.07, 6.45) is 2.91. The topological polar surface area (TPSA) is 78.5 Å². The molecule has 0 spiro atoms. The molecule has 3 aromatic heterocycles. The maximum absolute atomic E-state index is 13.7. The van der Waals surface area contributed by atoms with Crippen LogP contribution in [0.4, 0.5) is 13.2 Å². The molecule has 0 aliphatic rings. The number of alkyl halides is 3. The Hall–Kier alpha value is -4.12. The molecule has 0 saturated carbocycles. The molecule has 184 valence electrons. The summed E-state index contributed by atoms with van der Waals surface area (Å²) >= 11 is 0. The van der Waals surface area contributed by atoms with E-state index < -0.39 is 21.6 Å². The Morgan fingerprint density at radius 2 is 1.72 bits per heavy atom. The van der Waals surface area contributed by atoms with Gasteiger partial charge in [-0.05, 0) is 42.5 Å². The number of nitrogens with zero attached hydrogens (tertiary/aromatic N) is 4. The van der Waals surface area contributed by atoms with Gasteiger partial charge in [-0.3, -0.25) is 4.40 Å². The van der Waals surface area contributed by atoms with E-state index in [1.165, 1.54) is 28.8 Å². The molecule has 0 amide bonds. The second-order valence-corrected chi connectivity index (χ2v) is 10.1. The van der Waals surface area contributed by atoms with E-state index in [9.17, 15) is 21.6 Å². The number of aromatic nitrogens is 4. The standard InChI is InChI=1S/C25H19F3N4O3S/c1-36(33,34)20-8-3-7-19(14-20)35-18-6-2-5-17(13-18)23-22(15-31-12-10-29-16-31)30-24-21(25(26,27)28)9-4-11-32(23)24/h2-14,16H,15H2,1H3. The zero-order chi connectivity index (χ0) is 25.5. The van der Waals surface area contributed by atoms with E-state index in [4.69, 9.17) is 4.74 Å². The second kappa shape index (κ2) is 8.83. The zero-order valence-corrected chi connectivity index (χ0v) is 19.7. The summed E-state index contributed by atoms with van der Waals surface area (Å²) in [5.74, 6) is 0.694. The molecule has 0 atom stereocenters. The van der Waals surface area contributed by atoms with Gasteiger partial charge in [0.15, 0.2) is 9.84 Å². The molecule has 0 fully saturated rings. The van der Waals surface area contributed by atoms with Crippen molar-refractivity contribution in [3.8, 4) is 22.8 Å². The van der Waals surface area contributed by atoms with Crippen LogP contribution in [0.1, 0.15) is 11.3 Å². The van der Waals surface area contributed by atoms with Gasteiger partial charge in [0.2, 0.25) is 0 Å². The molecule has 0 aliphatic carbocycles. The lowest BCUT2D eigenvalue weighted by molar-refractivity contribution is -0.136. The molecule has 0 bridgehead atoms. The molecule has 5 aromatic rings. The number of hydrogen-bond donors (Lipinski definition) is 0. The Morgan fingerprint density at radius 1 is 0.972 bits per heavy atom. The Morgan fingerprint density at radius 3 is 2.42 bits per heavy atom. The number of hydrogen-bond acceptors (Lipinski definition) is 5. The van der Waals surface area contributed by atoms with Gasteiger partial charge < -0.3 is 9.30 Å². The molecule has 0 radical (unpaired) electrons. The minimum Gasteiger partial charge on any atom is -0.457 e. The summed E-state index contributed by atoms with van der Waals surface area (Å²) in [7, 11) is -3.42. The Bertz CT molecular complexity index is 1660. The highest BCUT2D eigenvalue weighted by Gasteiger charge is 2.34. The predicted octanol–water partition coefficient (Wildman–Crippen LogP) is 5.46. The van der Waals surface area contributed by atoms with E-state index in [2.05, 4.69) is 9.97 Å². The van der Waals surface area contributed by atoms with Crippen LogP contribution in [0.5, 0.6) is 11.5 Å². The quantitative estimate of drug-likeness (QED) is 0.302. The molecule has 2 aromatic carbocycles. The Labute approximate surface area is 204 Å². The van der Waals surface area contributed by atoms with Crippen LogP contribution in [0.3, 0.4) is 0 Å². The van der Waals surface area contributed by atoms with Crippen molar-refractivity contribution >= 4 is 15.5 Å². The first kappa shape index (κ1) is 23.6. The lowest BCUT2D eigenvalue weighted by atomic mass is 10.1. The first-order chi connectivity index (χ1) is 17.1. The zero-order valence-electron chi connectivity index (χ0n) is 18.8. The van der Waals surface area contributed by atoms with Crippen LogP contribution in [0.25, 0.3) is 16.9 Å². The molecule has 0 unspecified atom stereocenters. The predicted molar refractivity (Wildman–Crippen MR) is 127 cm³/mol. The minimum absolute atomic E-state index is 0.111. The lowest BCUT2D eigenvalue weighted by Gasteiger charge is -2.11. The van der Waals surface area contributed by atoms with Crippen molar-refractivity contribution in [3.05, 3.63) is 96.8 Å². The van der Waals surface area contributed by atoms with Gasteiger partial charge in [-0.15, -0.1) is 0 Å². The summed E-state index contributed by atoms with van der Waals surface area (Å²) in [6.45, 7) is 0.204.